The quantitative estimate of drug-likeness (QED) is 0.164. The van der Waals surface area contributed by atoms with Crippen molar-refractivity contribution in [1.29, 1.82) is 0 Å². The third-order valence-corrected chi connectivity index (χ3v) is 11.3. The van der Waals surface area contributed by atoms with E-state index in [0.29, 0.717) is 29.1 Å². The Kier molecular flexibility index (Phi) is 7.13. The van der Waals surface area contributed by atoms with Crippen molar-refractivity contribution in [3.8, 4) is 51.3 Å². The summed E-state index contributed by atoms with van der Waals surface area (Å²) in [6.07, 6.45) is 0. The minimum absolute atomic E-state index is 0.503. The Morgan fingerprint density at radius 2 is 0.879 bits per heavy atom. The molecule has 0 aliphatic rings. The predicted molar refractivity (Wildman–Crippen MR) is 236 cm³/mol. The minimum atomic E-state index is 0.503. The van der Waals surface area contributed by atoms with Crippen LogP contribution in [0.2, 0.25) is 0 Å². The lowest BCUT2D eigenvalue weighted by Crippen LogP contribution is -2.06. The van der Waals surface area contributed by atoms with Crippen molar-refractivity contribution < 1.29 is 4.42 Å². The summed E-state index contributed by atoms with van der Waals surface area (Å²) in [6.45, 7) is 0. The average Bonchev–Trinajstić information content (AvgIpc) is 3.89. The number of rotatable bonds is 5. The lowest BCUT2D eigenvalue weighted by atomic mass is 9.92. The summed E-state index contributed by atoms with van der Waals surface area (Å²) < 4.78 is 8.83. The molecule has 9 aromatic carbocycles. The van der Waals surface area contributed by atoms with Crippen LogP contribution in [0.25, 0.3) is 117 Å². The second-order valence-corrected chi connectivity index (χ2v) is 14.6. The SMILES string of the molecule is c1ccc(-c2nc(-c3cccc4nc(-c5cccc(-c6ccc7c8ccccc8c8ccccc8c7c6)c5)oc34)nc(-n3c4ccccc4c4ccccc43)n2)cc1. The molecule has 6 heteroatoms. The molecule has 0 unspecified atom stereocenters. The topological polar surface area (TPSA) is 69.6 Å². The summed E-state index contributed by atoms with van der Waals surface area (Å²) in [5.74, 6) is 2.13. The molecule has 0 spiro atoms. The summed E-state index contributed by atoms with van der Waals surface area (Å²) in [7, 11) is 0. The maximum atomic E-state index is 6.70. The van der Waals surface area contributed by atoms with E-state index in [4.69, 9.17) is 24.4 Å². The second-order valence-electron chi connectivity index (χ2n) is 14.6. The van der Waals surface area contributed by atoms with Gasteiger partial charge in [-0.05, 0) is 85.9 Å². The van der Waals surface area contributed by atoms with E-state index in [9.17, 15) is 0 Å². The van der Waals surface area contributed by atoms with Crippen LogP contribution in [0.5, 0.6) is 0 Å². The van der Waals surface area contributed by atoms with Crippen molar-refractivity contribution >= 4 is 65.2 Å². The predicted octanol–water partition coefficient (Wildman–Crippen LogP) is 13.2. The first-order chi connectivity index (χ1) is 28.7. The van der Waals surface area contributed by atoms with Crippen molar-refractivity contribution in [2.45, 2.75) is 0 Å². The number of benzene rings is 9. The minimum Gasteiger partial charge on any atom is -0.435 e. The van der Waals surface area contributed by atoms with E-state index in [1.54, 1.807) is 0 Å². The number of aromatic nitrogens is 5. The number of oxazole rings is 1. The molecule has 0 fully saturated rings. The molecule has 6 nitrogen and oxygen atoms in total. The molecular formula is C52H31N5O. The lowest BCUT2D eigenvalue weighted by molar-refractivity contribution is 0.620. The Labute approximate surface area is 332 Å². The monoisotopic (exact) mass is 741 g/mol. The third-order valence-electron chi connectivity index (χ3n) is 11.3. The van der Waals surface area contributed by atoms with Crippen molar-refractivity contribution in [2.24, 2.45) is 0 Å². The molecule has 12 rings (SSSR count). The van der Waals surface area contributed by atoms with Gasteiger partial charge in [0.2, 0.25) is 11.8 Å². The third kappa shape index (κ3) is 5.05. The second kappa shape index (κ2) is 12.8. The highest BCUT2D eigenvalue weighted by atomic mass is 16.3. The van der Waals surface area contributed by atoms with Crippen LogP contribution < -0.4 is 0 Å². The standard InChI is InChI=1S/C52H31N5O/c1-2-14-32(15-3-1)49-54-50(56-52(55-49)57-46-26-10-8-22-41(46)42-23-9-11-27-47(42)57)43-24-13-25-45-48(43)58-51(53-45)35-17-12-16-33(30-35)34-28-29-40-38-20-5-4-18-36(38)37-19-6-7-21-39(37)44(40)31-34/h1-31H. The number of fused-ring (bicyclic) bond motifs is 10. The van der Waals surface area contributed by atoms with Gasteiger partial charge in [-0.1, -0.05) is 146 Å². The normalized spacial score (nSPS) is 11.8. The lowest BCUT2D eigenvalue weighted by Gasteiger charge is -2.12. The van der Waals surface area contributed by atoms with Crippen LogP contribution in [0.15, 0.2) is 192 Å². The Bertz CT molecular complexity index is 3500. The molecule has 0 atom stereocenters. The first-order valence-corrected chi connectivity index (χ1v) is 19.4. The highest BCUT2D eigenvalue weighted by Crippen LogP contribution is 2.39. The fourth-order valence-electron chi connectivity index (χ4n) is 8.61. The van der Waals surface area contributed by atoms with E-state index in [1.165, 1.54) is 32.3 Å². The molecule has 0 radical (unpaired) electrons. The summed E-state index contributed by atoms with van der Waals surface area (Å²) in [5, 5.41) is 9.78. The van der Waals surface area contributed by atoms with E-state index < -0.39 is 0 Å². The molecule has 3 heterocycles. The first-order valence-electron chi connectivity index (χ1n) is 19.4. The van der Waals surface area contributed by atoms with E-state index in [-0.39, 0.29) is 0 Å². The molecule has 58 heavy (non-hydrogen) atoms. The zero-order chi connectivity index (χ0) is 38.2. The molecule has 0 saturated heterocycles. The van der Waals surface area contributed by atoms with Crippen LogP contribution in [-0.2, 0) is 0 Å². The fourth-order valence-corrected chi connectivity index (χ4v) is 8.61. The fraction of sp³-hybridized carbons (Fsp3) is 0. The maximum Gasteiger partial charge on any atom is 0.238 e. The van der Waals surface area contributed by atoms with Gasteiger partial charge in [0, 0.05) is 21.9 Å². The molecule has 0 N–H and O–H groups in total. The van der Waals surface area contributed by atoms with Crippen LogP contribution in [-0.4, -0.2) is 24.5 Å². The summed E-state index contributed by atoms with van der Waals surface area (Å²) >= 11 is 0. The number of para-hydroxylation sites is 3. The maximum absolute atomic E-state index is 6.70. The van der Waals surface area contributed by atoms with E-state index in [0.717, 1.165) is 55.1 Å². The Morgan fingerprint density at radius 3 is 1.59 bits per heavy atom. The van der Waals surface area contributed by atoms with Gasteiger partial charge in [0.05, 0.1) is 16.6 Å². The number of nitrogens with zero attached hydrogens (tertiary/aromatic N) is 5. The number of hydrogen-bond donors (Lipinski definition) is 0. The van der Waals surface area contributed by atoms with Crippen molar-refractivity contribution in [3.63, 3.8) is 0 Å². The van der Waals surface area contributed by atoms with E-state index >= 15 is 0 Å². The smallest absolute Gasteiger partial charge is 0.238 e. The average molecular weight is 742 g/mol. The molecule has 0 aliphatic heterocycles. The molecular weight excluding hydrogens is 711 g/mol. The van der Waals surface area contributed by atoms with Gasteiger partial charge in [0.1, 0.15) is 5.52 Å². The molecule has 0 bridgehead atoms. The Hall–Kier alpha value is -7.96. The molecule has 3 aromatic heterocycles. The Morgan fingerprint density at radius 1 is 0.345 bits per heavy atom. The molecule has 0 aliphatic carbocycles. The molecule has 12 aromatic rings. The van der Waals surface area contributed by atoms with Crippen LogP contribution in [0, 0.1) is 0 Å². The van der Waals surface area contributed by atoms with Crippen molar-refractivity contribution in [1.82, 2.24) is 24.5 Å². The largest absolute Gasteiger partial charge is 0.435 e. The van der Waals surface area contributed by atoms with Crippen molar-refractivity contribution in [2.75, 3.05) is 0 Å². The van der Waals surface area contributed by atoms with Crippen LogP contribution in [0.1, 0.15) is 0 Å². The van der Waals surface area contributed by atoms with E-state index in [2.05, 4.69) is 132 Å². The zero-order valence-corrected chi connectivity index (χ0v) is 31.0. The van der Waals surface area contributed by atoms with Gasteiger partial charge in [0.25, 0.3) is 0 Å². The number of hydrogen-bond acceptors (Lipinski definition) is 5. The van der Waals surface area contributed by atoms with Gasteiger partial charge in [-0.3, -0.25) is 4.57 Å². The van der Waals surface area contributed by atoms with Gasteiger partial charge in [-0.25, -0.2) is 9.97 Å². The summed E-state index contributed by atoms with van der Waals surface area (Å²) in [6, 6.07) is 65.3. The van der Waals surface area contributed by atoms with Gasteiger partial charge >= 0.3 is 0 Å². The molecule has 270 valence electrons. The van der Waals surface area contributed by atoms with Gasteiger partial charge < -0.3 is 4.42 Å². The van der Waals surface area contributed by atoms with Crippen molar-refractivity contribution in [3.05, 3.63) is 188 Å². The highest BCUT2D eigenvalue weighted by molar-refractivity contribution is 6.25. The first kappa shape index (κ1) is 32.3. The van der Waals surface area contributed by atoms with Gasteiger partial charge in [-0.15, -0.1) is 0 Å². The highest BCUT2D eigenvalue weighted by Gasteiger charge is 2.21. The molecule has 0 saturated carbocycles. The van der Waals surface area contributed by atoms with Crippen LogP contribution in [0.3, 0.4) is 0 Å². The zero-order valence-electron chi connectivity index (χ0n) is 31.0. The summed E-state index contributed by atoms with van der Waals surface area (Å²) in [4.78, 5) is 20.4. The van der Waals surface area contributed by atoms with Crippen LogP contribution in [0.4, 0.5) is 0 Å². The van der Waals surface area contributed by atoms with E-state index in [1.807, 2.05) is 60.7 Å². The van der Waals surface area contributed by atoms with Crippen LogP contribution >= 0.6 is 0 Å². The van der Waals surface area contributed by atoms with Gasteiger partial charge in [0.15, 0.2) is 17.2 Å². The summed E-state index contributed by atoms with van der Waals surface area (Å²) in [5.41, 5.74) is 8.11. The Balaban J connectivity index is 1.00. The molecule has 0 amide bonds. The van der Waals surface area contributed by atoms with Gasteiger partial charge in [-0.2, -0.15) is 9.97 Å².